The molecule has 2 rings (SSSR count). The van der Waals surface area contributed by atoms with E-state index in [1.807, 2.05) is 6.92 Å². The Balaban J connectivity index is 2.32. The first-order chi connectivity index (χ1) is 9.95. The fourth-order valence-electron chi connectivity index (χ4n) is 2.35. The van der Waals surface area contributed by atoms with Gasteiger partial charge in [0.1, 0.15) is 10.8 Å². The zero-order valence-electron chi connectivity index (χ0n) is 11.5. The molecule has 1 saturated heterocycles. The zero-order chi connectivity index (χ0) is 15.6. The van der Waals surface area contributed by atoms with E-state index in [1.165, 1.54) is 4.90 Å². The second-order valence-corrected chi connectivity index (χ2v) is 5.14. The highest BCUT2D eigenvalue weighted by atomic mass is 35.5. The Morgan fingerprint density at radius 1 is 1.38 bits per heavy atom. The maximum absolute atomic E-state index is 13.9. The quantitative estimate of drug-likeness (QED) is 0.633. The van der Waals surface area contributed by atoms with Gasteiger partial charge in [-0.3, -0.25) is 14.9 Å². The Kier molecular flexibility index (Phi) is 4.74. The predicted molar refractivity (Wildman–Crippen MR) is 76.1 cm³/mol. The van der Waals surface area contributed by atoms with Crippen LogP contribution in [-0.4, -0.2) is 53.4 Å². The number of nitro benzene ring substituents is 1. The molecule has 0 aliphatic carbocycles. The van der Waals surface area contributed by atoms with Crippen molar-refractivity contribution in [1.82, 2.24) is 9.80 Å². The summed E-state index contributed by atoms with van der Waals surface area (Å²) in [6, 6.07) is 2.06. The van der Waals surface area contributed by atoms with E-state index < -0.39 is 27.9 Å². The third-order valence-corrected chi connectivity index (χ3v) is 3.89. The molecule has 21 heavy (non-hydrogen) atoms. The summed E-state index contributed by atoms with van der Waals surface area (Å²) in [7, 11) is 0. The summed E-state index contributed by atoms with van der Waals surface area (Å²) in [5.74, 6) is -1.61. The minimum absolute atomic E-state index is 0.239. The van der Waals surface area contributed by atoms with Crippen molar-refractivity contribution in [3.05, 3.63) is 38.7 Å². The van der Waals surface area contributed by atoms with E-state index in [-0.39, 0.29) is 5.02 Å². The van der Waals surface area contributed by atoms with Crippen LogP contribution in [0.15, 0.2) is 12.1 Å². The van der Waals surface area contributed by atoms with Crippen molar-refractivity contribution in [2.45, 2.75) is 6.92 Å². The van der Waals surface area contributed by atoms with Gasteiger partial charge in [0.25, 0.3) is 5.91 Å². The molecule has 1 heterocycles. The van der Waals surface area contributed by atoms with Crippen molar-refractivity contribution in [1.29, 1.82) is 0 Å². The summed E-state index contributed by atoms with van der Waals surface area (Å²) in [5.41, 5.74) is -1.22. The van der Waals surface area contributed by atoms with E-state index >= 15 is 0 Å². The summed E-state index contributed by atoms with van der Waals surface area (Å²) in [4.78, 5) is 26.2. The molecule has 1 fully saturated rings. The van der Waals surface area contributed by atoms with Crippen LogP contribution in [0.4, 0.5) is 10.1 Å². The number of benzene rings is 1. The van der Waals surface area contributed by atoms with Gasteiger partial charge >= 0.3 is 5.69 Å². The standard InChI is InChI=1S/C13H15ClFN3O3/c1-2-16-5-7-17(8-6-16)13(19)11-10(15)4-3-9(14)12(11)18(20)21/h3-4H,2,5-8H2,1H3. The highest BCUT2D eigenvalue weighted by Gasteiger charge is 2.32. The van der Waals surface area contributed by atoms with Gasteiger partial charge < -0.3 is 9.80 Å². The van der Waals surface area contributed by atoms with Crippen molar-refractivity contribution in [3.63, 3.8) is 0 Å². The van der Waals surface area contributed by atoms with Crippen LogP contribution in [0.25, 0.3) is 0 Å². The lowest BCUT2D eigenvalue weighted by molar-refractivity contribution is -0.385. The van der Waals surface area contributed by atoms with Crippen LogP contribution < -0.4 is 0 Å². The van der Waals surface area contributed by atoms with Crippen LogP contribution in [0.1, 0.15) is 17.3 Å². The first-order valence-corrected chi connectivity index (χ1v) is 6.97. The lowest BCUT2D eigenvalue weighted by Crippen LogP contribution is -2.48. The third kappa shape index (κ3) is 3.14. The van der Waals surface area contributed by atoms with E-state index in [2.05, 4.69) is 4.90 Å². The molecule has 0 atom stereocenters. The van der Waals surface area contributed by atoms with Crippen LogP contribution in [0.3, 0.4) is 0 Å². The van der Waals surface area contributed by atoms with Gasteiger partial charge in [0.2, 0.25) is 0 Å². The predicted octanol–water partition coefficient (Wildman–Crippen LogP) is 2.17. The summed E-state index contributed by atoms with van der Waals surface area (Å²) in [6.07, 6.45) is 0. The number of hydrogen-bond donors (Lipinski definition) is 0. The molecule has 0 bridgehead atoms. The largest absolute Gasteiger partial charge is 0.336 e. The van der Waals surface area contributed by atoms with Crippen molar-refractivity contribution in [2.24, 2.45) is 0 Å². The van der Waals surface area contributed by atoms with Crippen LogP contribution in [0.5, 0.6) is 0 Å². The van der Waals surface area contributed by atoms with E-state index in [9.17, 15) is 19.3 Å². The number of rotatable bonds is 3. The van der Waals surface area contributed by atoms with Gasteiger partial charge in [-0.1, -0.05) is 18.5 Å². The number of carbonyl (C=O) groups is 1. The van der Waals surface area contributed by atoms with E-state index in [0.717, 1.165) is 18.7 Å². The van der Waals surface area contributed by atoms with Crippen molar-refractivity contribution in [3.8, 4) is 0 Å². The summed E-state index contributed by atoms with van der Waals surface area (Å²) >= 11 is 5.74. The minimum Gasteiger partial charge on any atom is -0.336 e. The SMILES string of the molecule is CCN1CCN(C(=O)c2c(F)ccc(Cl)c2[N+](=O)[O-])CC1. The number of hydrogen-bond acceptors (Lipinski definition) is 4. The van der Waals surface area contributed by atoms with Crippen molar-refractivity contribution in [2.75, 3.05) is 32.7 Å². The van der Waals surface area contributed by atoms with Crippen molar-refractivity contribution < 1.29 is 14.1 Å². The molecule has 0 radical (unpaired) electrons. The van der Waals surface area contributed by atoms with E-state index in [0.29, 0.717) is 26.2 Å². The molecule has 114 valence electrons. The number of amides is 1. The van der Waals surface area contributed by atoms with E-state index in [4.69, 9.17) is 11.6 Å². The number of carbonyl (C=O) groups excluding carboxylic acids is 1. The van der Waals surface area contributed by atoms with Crippen LogP contribution in [0.2, 0.25) is 5.02 Å². The Bertz CT molecular complexity index is 574. The molecule has 0 N–H and O–H groups in total. The normalized spacial score (nSPS) is 16.0. The molecule has 0 spiro atoms. The molecule has 1 aromatic carbocycles. The summed E-state index contributed by atoms with van der Waals surface area (Å²) in [5, 5.41) is 10.8. The molecular formula is C13H15ClFN3O3. The average Bonchev–Trinajstić information content (AvgIpc) is 2.48. The minimum atomic E-state index is -0.922. The molecule has 1 aliphatic rings. The Morgan fingerprint density at radius 3 is 2.52 bits per heavy atom. The van der Waals surface area contributed by atoms with Gasteiger partial charge in [-0.2, -0.15) is 0 Å². The first kappa shape index (κ1) is 15.7. The molecule has 0 unspecified atom stereocenters. The fourth-order valence-corrected chi connectivity index (χ4v) is 2.57. The van der Waals surface area contributed by atoms with Crippen LogP contribution >= 0.6 is 11.6 Å². The average molecular weight is 316 g/mol. The molecule has 1 aromatic rings. The molecule has 1 aliphatic heterocycles. The zero-order valence-corrected chi connectivity index (χ0v) is 12.3. The maximum Gasteiger partial charge on any atom is 0.303 e. The van der Waals surface area contributed by atoms with Crippen molar-refractivity contribution >= 4 is 23.2 Å². The highest BCUT2D eigenvalue weighted by Crippen LogP contribution is 2.31. The molecule has 0 saturated carbocycles. The van der Waals surface area contributed by atoms with Gasteiger partial charge in [-0.05, 0) is 18.7 Å². The van der Waals surface area contributed by atoms with Gasteiger partial charge in [0.05, 0.1) is 4.92 Å². The van der Waals surface area contributed by atoms with Gasteiger partial charge in [0.15, 0.2) is 5.56 Å². The highest BCUT2D eigenvalue weighted by molar-refractivity contribution is 6.33. The van der Waals surface area contributed by atoms with Gasteiger partial charge in [0, 0.05) is 26.2 Å². The second-order valence-electron chi connectivity index (χ2n) is 4.74. The molecule has 0 aromatic heterocycles. The molecular weight excluding hydrogens is 301 g/mol. The van der Waals surface area contributed by atoms with Gasteiger partial charge in [-0.25, -0.2) is 4.39 Å². The number of nitro groups is 1. The Hall–Kier alpha value is -1.73. The number of nitrogens with zero attached hydrogens (tertiary/aromatic N) is 3. The van der Waals surface area contributed by atoms with E-state index in [1.54, 1.807) is 0 Å². The molecule has 8 heteroatoms. The molecule has 1 amide bonds. The Labute approximate surface area is 126 Å². The lowest BCUT2D eigenvalue weighted by atomic mass is 10.1. The van der Waals surface area contributed by atoms with Crippen LogP contribution in [-0.2, 0) is 0 Å². The van der Waals surface area contributed by atoms with Gasteiger partial charge in [-0.15, -0.1) is 0 Å². The fraction of sp³-hybridized carbons (Fsp3) is 0.462. The first-order valence-electron chi connectivity index (χ1n) is 6.59. The number of halogens is 2. The topological polar surface area (TPSA) is 66.7 Å². The lowest BCUT2D eigenvalue weighted by Gasteiger charge is -2.34. The van der Waals surface area contributed by atoms with Crippen LogP contribution in [0, 0.1) is 15.9 Å². The number of likely N-dealkylation sites (N-methyl/N-ethyl adjacent to an activating group) is 1. The monoisotopic (exact) mass is 315 g/mol. The molecule has 6 nitrogen and oxygen atoms in total. The smallest absolute Gasteiger partial charge is 0.303 e. The summed E-state index contributed by atoms with van der Waals surface area (Å²) in [6.45, 7) is 5.04. The second kappa shape index (κ2) is 6.36. The number of piperazine rings is 1. The third-order valence-electron chi connectivity index (χ3n) is 3.58. The Morgan fingerprint density at radius 2 is 2.00 bits per heavy atom. The maximum atomic E-state index is 13.9. The summed E-state index contributed by atoms with van der Waals surface area (Å²) < 4.78 is 13.9.